The van der Waals surface area contributed by atoms with Crippen molar-refractivity contribution < 1.29 is 4.79 Å². The van der Waals surface area contributed by atoms with Crippen LogP contribution in [0.4, 0.5) is 5.82 Å². The Kier molecular flexibility index (Phi) is 4.08. The van der Waals surface area contributed by atoms with E-state index < -0.39 is 0 Å². The molecule has 0 radical (unpaired) electrons. The van der Waals surface area contributed by atoms with Gasteiger partial charge in [0.05, 0.1) is 12.1 Å². The SMILES string of the molecule is CNC(=O)Cc1c(N(C)C)n[nH]c1-c1ccc(C)cc1. The van der Waals surface area contributed by atoms with E-state index in [1.807, 2.05) is 38.1 Å². The quantitative estimate of drug-likeness (QED) is 0.891. The molecule has 0 saturated carbocycles. The predicted molar refractivity (Wildman–Crippen MR) is 80.9 cm³/mol. The van der Waals surface area contributed by atoms with Crippen LogP contribution < -0.4 is 10.2 Å². The van der Waals surface area contributed by atoms with Gasteiger partial charge in [-0.05, 0) is 12.5 Å². The average Bonchev–Trinajstić information content (AvgIpc) is 2.83. The number of hydrogen-bond acceptors (Lipinski definition) is 3. The second-order valence-electron chi connectivity index (χ2n) is 5.01. The van der Waals surface area contributed by atoms with Gasteiger partial charge in [0.25, 0.3) is 0 Å². The molecule has 1 heterocycles. The van der Waals surface area contributed by atoms with Crippen molar-refractivity contribution in [2.45, 2.75) is 13.3 Å². The Labute approximate surface area is 119 Å². The third-order valence-corrected chi connectivity index (χ3v) is 3.23. The van der Waals surface area contributed by atoms with Gasteiger partial charge in [-0.15, -0.1) is 0 Å². The standard InChI is InChI=1S/C15H20N4O/c1-10-5-7-11(8-6-10)14-12(9-13(20)16-2)15(18-17-14)19(3)4/h5-8H,9H2,1-4H3,(H,16,20)(H,17,18). The van der Waals surface area contributed by atoms with E-state index in [0.29, 0.717) is 6.42 Å². The fourth-order valence-electron chi connectivity index (χ4n) is 2.10. The molecular weight excluding hydrogens is 252 g/mol. The number of aromatic amines is 1. The summed E-state index contributed by atoms with van der Waals surface area (Å²) in [6.45, 7) is 2.05. The number of carbonyl (C=O) groups excluding carboxylic acids is 1. The van der Waals surface area contributed by atoms with Crippen LogP contribution in [-0.2, 0) is 11.2 Å². The Morgan fingerprint density at radius 1 is 1.30 bits per heavy atom. The number of rotatable bonds is 4. The number of aromatic nitrogens is 2. The van der Waals surface area contributed by atoms with E-state index in [1.54, 1.807) is 7.05 Å². The van der Waals surface area contributed by atoms with Crippen molar-refractivity contribution in [3.63, 3.8) is 0 Å². The van der Waals surface area contributed by atoms with Crippen LogP contribution in [0.5, 0.6) is 0 Å². The first-order chi connectivity index (χ1) is 9.52. The molecule has 1 aromatic carbocycles. The van der Waals surface area contributed by atoms with Crippen molar-refractivity contribution >= 4 is 11.7 Å². The maximum absolute atomic E-state index is 11.7. The lowest BCUT2D eigenvalue weighted by Gasteiger charge is -2.12. The summed E-state index contributed by atoms with van der Waals surface area (Å²) < 4.78 is 0. The van der Waals surface area contributed by atoms with Crippen LogP contribution in [0.15, 0.2) is 24.3 Å². The van der Waals surface area contributed by atoms with Gasteiger partial charge in [0.15, 0.2) is 5.82 Å². The number of H-pyrrole nitrogens is 1. The fraction of sp³-hybridized carbons (Fsp3) is 0.333. The first-order valence-corrected chi connectivity index (χ1v) is 6.55. The normalized spacial score (nSPS) is 10.4. The Hall–Kier alpha value is -2.30. The number of likely N-dealkylation sites (N-methyl/N-ethyl adjacent to an activating group) is 1. The van der Waals surface area contributed by atoms with Crippen LogP contribution in [0.25, 0.3) is 11.3 Å². The minimum Gasteiger partial charge on any atom is -0.361 e. The topological polar surface area (TPSA) is 61.0 Å². The molecule has 2 aromatic rings. The molecule has 0 bridgehead atoms. The molecule has 0 aliphatic carbocycles. The lowest BCUT2D eigenvalue weighted by Crippen LogP contribution is -2.21. The Morgan fingerprint density at radius 2 is 1.95 bits per heavy atom. The lowest BCUT2D eigenvalue weighted by atomic mass is 10.0. The van der Waals surface area contributed by atoms with Gasteiger partial charge in [-0.3, -0.25) is 9.89 Å². The van der Waals surface area contributed by atoms with Crippen molar-refractivity contribution in [2.75, 3.05) is 26.0 Å². The molecule has 2 N–H and O–H groups in total. The zero-order chi connectivity index (χ0) is 14.7. The number of nitrogens with one attached hydrogen (secondary N) is 2. The van der Waals surface area contributed by atoms with E-state index >= 15 is 0 Å². The van der Waals surface area contributed by atoms with Crippen molar-refractivity contribution in [1.82, 2.24) is 15.5 Å². The monoisotopic (exact) mass is 272 g/mol. The Morgan fingerprint density at radius 3 is 2.50 bits per heavy atom. The smallest absolute Gasteiger partial charge is 0.224 e. The largest absolute Gasteiger partial charge is 0.361 e. The summed E-state index contributed by atoms with van der Waals surface area (Å²) in [5.74, 6) is 0.770. The molecule has 0 saturated heterocycles. The number of carbonyl (C=O) groups is 1. The summed E-state index contributed by atoms with van der Waals surface area (Å²) in [6, 6.07) is 8.18. The Balaban J connectivity index is 2.47. The number of benzene rings is 1. The van der Waals surface area contributed by atoms with E-state index in [9.17, 15) is 4.79 Å². The third kappa shape index (κ3) is 2.82. The van der Waals surface area contributed by atoms with Gasteiger partial charge in [0.2, 0.25) is 5.91 Å². The first kappa shape index (κ1) is 14.1. The van der Waals surface area contributed by atoms with Crippen LogP contribution >= 0.6 is 0 Å². The molecule has 1 aromatic heterocycles. The van der Waals surface area contributed by atoms with Gasteiger partial charge in [-0.1, -0.05) is 29.8 Å². The second-order valence-corrected chi connectivity index (χ2v) is 5.01. The first-order valence-electron chi connectivity index (χ1n) is 6.55. The molecule has 2 rings (SSSR count). The van der Waals surface area contributed by atoms with E-state index in [2.05, 4.69) is 27.6 Å². The molecule has 106 valence electrons. The van der Waals surface area contributed by atoms with E-state index in [0.717, 1.165) is 22.6 Å². The fourth-order valence-corrected chi connectivity index (χ4v) is 2.10. The molecule has 5 heteroatoms. The van der Waals surface area contributed by atoms with Crippen molar-refractivity contribution in [2.24, 2.45) is 0 Å². The maximum Gasteiger partial charge on any atom is 0.224 e. The summed E-state index contributed by atoms with van der Waals surface area (Å²) in [5, 5.41) is 10.0. The second kappa shape index (κ2) is 5.77. The van der Waals surface area contributed by atoms with Crippen LogP contribution in [0.2, 0.25) is 0 Å². The van der Waals surface area contributed by atoms with Crippen LogP contribution in [-0.4, -0.2) is 37.2 Å². The van der Waals surface area contributed by atoms with Crippen molar-refractivity contribution in [3.8, 4) is 11.3 Å². The molecular formula is C15H20N4O. The van der Waals surface area contributed by atoms with Gasteiger partial charge >= 0.3 is 0 Å². The molecule has 1 amide bonds. The highest BCUT2D eigenvalue weighted by atomic mass is 16.1. The zero-order valence-corrected chi connectivity index (χ0v) is 12.3. The highest BCUT2D eigenvalue weighted by Crippen LogP contribution is 2.28. The van der Waals surface area contributed by atoms with E-state index in [1.165, 1.54) is 5.56 Å². The summed E-state index contributed by atoms with van der Waals surface area (Å²) in [4.78, 5) is 13.6. The summed E-state index contributed by atoms with van der Waals surface area (Å²) in [7, 11) is 5.48. The highest BCUT2D eigenvalue weighted by molar-refractivity contribution is 5.83. The molecule has 0 aliphatic rings. The maximum atomic E-state index is 11.7. The number of aryl methyl sites for hydroxylation is 1. The van der Waals surface area contributed by atoms with Crippen LogP contribution in [0.3, 0.4) is 0 Å². The number of amides is 1. The molecule has 20 heavy (non-hydrogen) atoms. The highest BCUT2D eigenvalue weighted by Gasteiger charge is 2.18. The van der Waals surface area contributed by atoms with Crippen molar-refractivity contribution in [1.29, 1.82) is 0 Å². The summed E-state index contributed by atoms with van der Waals surface area (Å²) in [5.41, 5.74) is 4.06. The van der Waals surface area contributed by atoms with Gasteiger partial charge < -0.3 is 10.2 Å². The predicted octanol–water partition coefficient (Wildman–Crippen LogP) is 1.74. The number of hydrogen-bond donors (Lipinski definition) is 2. The summed E-state index contributed by atoms with van der Waals surface area (Å²) >= 11 is 0. The number of anilines is 1. The molecule has 0 atom stereocenters. The van der Waals surface area contributed by atoms with Crippen molar-refractivity contribution in [3.05, 3.63) is 35.4 Å². The van der Waals surface area contributed by atoms with Gasteiger partial charge in [-0.2, -0.15) is 5.10 Å². The lowest BCUT2D eigenvalue weighted by molar-refractivity contribution is -0.119. The zero-order valence-electron chi connectivity index (χ0n) is 12.3. The average molecular weight is 272 g/mol. The molecule has 0 fully saturated rings. The van der Waals surface area contributed by atoms with Gasteiger partial charge in [-0.25, -0.2) is 0 Å². The van der Waals surface area contributed by atoms with Crippen LogP contribution in [0, 0.1) is 6.92 Å². The van der Waals surface area contributed by atoms with E-state index in [4.69, 9.17) is 0 Å². The third-order valence-electron chi connectivity index (χ3n) is 3.23. The molecule has 0 aliphatic heterocycles. The molecule has 0 spiro atoms. The number of nitrogens with zero attached hydrogens (tertiary/aromatic N) is 2. The minimum absolute atomic E-state index is 0.0251. The van der Waals surface area contributed by atoms with Crippen LogP contribution in [0.1, 0.15) is 11.1 Å². The molecule has 0 unspecified atom stereocenters. The molecule has 5 nitrogen and oxygen atoms in total. The van der Waals surface area contributed by atoms with Gasteiger partial charge in [0.1, 0.15) is 0 Å². The van der Waals surface area contributed by atoms with Gasteiger partial charge in [0, 0.05) is 26.7 Å². The summed E-state index contributed by atoms with van der Waals surface area (Å²) in [6.07, 6.45) is 0.309. The minimum atomic E-state index is -0.0251. The van der Waals surface area contributed by atoms with E-state index in [-0.39, 0.29) is 5.91 Å². The Bertz CT molecular complexity index is 599.